The first-order valence-electron chi connectivity index (χ1n) is 13.3. The lowest BCUT2D eigenvalue weighted by molar-refractivity contribution is 0.0155. The molecule has 0 aromatic heterocycles. The highest BCUT2D eigenvalue weighted by Gasteiger charge is 2.25. The number of nitrogens with one attached hydrogen (secondary N) is 1. The maximum atomic E-state index is 12.0. The molecule has 2 aromatic rings. The Morgan fingerprint density at radius 1 is 0.821 bits per heavy atom. The van der Waals surface area contributed by atoms with Gasteiger partial charge in [-0.25, -0.2) is 4.79 Å². The zero-order valence-electron chi connectivity index (χ0n) is 23.1. The van der Waals surface area contributed by atoms with Gasteiger partial charge in [-0.15, -0.1) is 0 Å². The molecular formula is C31H38Cl2N4O2. The number of carbonyl (C=O) groups is 1. The van der Waals surface area contributed by atoms with Crippen molar-refractivity contribution in [2.45, 2.75) is 26.4 Å². The minimum Gasteiger partial charge on any atom is -0.444 e. The zero-order valence-corrected chi connectivity index (χ0v) is 24.6. The number of piperazine rings is 2. The normalized spacial score (nSPS) is 16.1. The molecule has 2 aromatic carbocycles. The first kappa shape index (κ1) is 30.8. The third kappa shape index (κ3) is 12.3. The minimum atomic E-state index is -0.448. The van der Waals surface area contributed by atoms with Crippen molar-refractivity contribution in [3.8, 4) is 23.7 Å². The van der Waals surface area contributed by atoms with Crippen molar-refractivity contribution in [1.82, 2.24) is 20.0 Å². The Morgan fingerprint density at radius 3 is 1.77 bits per heavy atom. The van der Waals surface area contributed by atoms with Crippen LogP contribution in [0.5, 0.6) is 0 Å². The van der Waals surface area contributed by atoms with Crippen LogP contribution in [0.15, 0.2) is 48.5 Å². The van der Waals surface area contributed by atoms with Crippen LogP contribution in [0.2, 0.25) is 10.0 Å². The van der Waals surface area contributed by atoms with E-state index >= 15 is 0 Å². The lowest BCUT2D eigenvalue weighted by Gasteiger charge is -2.34. The Labute approximate surface area is 243 Å². The molecule has 0 atom stereocenters. The van der Waals surface area contributed by atoms with Gasteiger partial charge in [0, 0.05) is 73.5 Å². The highest BCUT2D eigenvalue weighted by Crippen LogP contribution is 2.12. The van der Waals surface area contributed by atoms with Crippen LogP contribution < -0.4 is 5.32 Å². The molecule has 39 heavy (non-hydrogen) atoms. The van der Waals surface area contributed by atoms with E-state index in [0.29, 0.717) is 24.7 Å². The van der Waals surface area contributed by atoms with Crippen LogP contribution in [0.1, 0.15) is 31.9 Å². The summed E-state index contributed by atoms with van der Waals surface area (Å²) in [6, 6.07) is 15.2. The second kappa shape index (κ2) is 15.8. The van der Waals surface area contributed by atoms with Crippen molar-refractivity contribution >= 4 is 29.3 Å². The molecule has 0 radical (unpaired) electrons. The standard InChI is InChI=1S/C18H23ClN2O2.C13H15ClN2/c1-18(2,3)23-17(22)21-12-10-20(11-13-21)9-5-7-15-6-4-8-16(19)14-15;14-13-5-1-3-12(11-13)4-2-8-16-9-6-15-7-10-16/h4,6,8,14H,9-13H2,1-3H3;1,3,5,11,15H,6-10H2. The third-order valence-electron chi connectivity index (χ3n) is 5.95. The van der Waals surface area contributed by atoms with Gasteiger partial charge in [0.25, 0.3) is 0 Å². The second-order valence-corrected chi connectivity index (χ2v) is 11.3. The molecule has 2 heterocycles. The van der Waals surface area contributed by atoms with E-state index in [-0.39, 0.29) is 6.09 Å². The summed E-state index contributed by atoms with van der Waals surface area (Å²) in [6.45, 7) is 14.5. The average Bonchev–Trinajstić information content (AvgIpc) is 2.89. The van der Waals surface area contributed by atoms with Crippen LogP contribution in [-0.2, 0) is 4.74 Å². The average molecular weight is 570 g/mol. The van der Waals surface area contributed by atoms with Crippen molar-refractivity contribution < 1.29 is 9.53 Å². The summed E-state index contributed by atoms with van der Waals surface area (Å²) >= 11 is 11.8. The Balaban J connectivity index is 0.000000230. The zero-order chi connectivity index (χ0) is 28.1. The summed E-state index contributed by atoms with van der Waals surface area (Å²) in [4.78, 5) is 18.3. The van der Waals surface area contributed by atoms with E-state index in [1.54, 1.807) is 4.90 Å². The van der Waals surface area contributed by atoms with Crippen LogP contribution in [-0.4, -0.2) is 91.8 Å². The predicted octanol–water partition coefficient (Wildman–Crippen LogP) is 4.84. The number of ether oxygens (including phenoxy) is 1. The molecule has 6 nitrogen and oxygen atoms in total. The minimum absolute atomic E-state index is 0.234. The maximum Gasteiger partial charge on any atom is 0.410 e. The monoisotopic (exact) mass is 568 g/mol. The largest absolute Gasteiger partial charge is 0.444 e. The molecule has 1 amide bonds. The Kier molecular flexibility index (Phi) is 12.5. The van der Waals surface area contributed by atoms with E-state index in [0.717, 1.165) is 62.0 Å². The summed E-state index contributed by atoms with van der Waals surface area (Å²) in [6.07, 6.45) is -0.234. The molecule has 0 aliphatic carbocycles. The molecule has 4 rings (SSSR count). The number of amides is 1. The van der Waals surface area contributed by atoms with Crippen LogP contribution in [0.25, 0.3) is 0 Å². The smallest absolute Gasteiger partial charge is 0.410 e. The van der Waals surface area contributed by atoms with Gasteiger partial charge in [0.05, 0.1) is 13.1 Å². The van der Waals surface area contributed by atoms with Crippen molar-refractivity contribution in [3.63, 3.8) is 0 Å². The Hall–Kier alpha value is -2.71. The molecule has 2 aliphatic heterocycles. The summed E-state index contributed by atoms with van der Waals surface area (Å²) < 4.78 is 5.39. The summed E-state index contributed by atoms with van der Waals surface area (Å²) in [5.41, 5.74) is 1.46. The van der Waals surface area contributed by atoms with Crippen molar-refractivity contribution in [3.05, 3.63) is 69.7 Å². The van der Waals surface area contributed by atoms with Gasteiger partial charge in [-0.05, 0) is 57.2 Å². The molecule has 2 saturated heterocycles. The second-order valence-electron chi connectivity index (χ2n) is 10.4. The predicted molar refractivity (Wildman–Crippen MR) is 160 cm³/mol. The maximum absolute atomic E-state index is 12.0. The van der Waals surface area contributed by atoms with Gasteiger partial charge in [0.15, 0.2) is 0 Å². The summed E-state index contributed by atoms with van der Waals surface area (Å²) in [5.74, 6) is 12.6. The number of hydrogen-bond donors (Lipinski definition) is 1. The number of hydrogen-bond acceptors (Lipinski definition) is 5. The van der Waals surface area contributed by atoms with Gasteiger partial charge in [-0.2, -0.15) is 0 Å². The highest BCUT2D eigenvalue weighted by atomic mass is 35.5. The van der Waals surface area contributed by atoms with E-state index in [2.05, 4.69) is 38.8 Å². The highest BCUT2D eigenvalue weighted by molar-refractivity contribution is 6.30. The molecule has 1 N–H and O–H groups in total. The lowest BCUT2D eigenvalue weighted by Crippen LogP contribution is -2.50. The fourth-order valence-corrected chi connectivity index (χ4v) is 4.30. The molecule has 0 saturated carbocycles. The summed E-state index contributed by atoms with van der Waals surface area (Å²) in [5, 5.41) is 4.76. The van der Waals surface area contributed by atoms with E-state index in [9.17, 15) is 4.79 Å². The number of carbonyl (C=O) groups excluding carboxylic acids is 1. The molecule has 0 spiro atoms. The van der Waals surface area contributed by atoms with Gasteiger partial charge < -0.3 is 15.0 Å². The topological polar surface area (TPSA) is 48.1 Å². The molecule has 2 aliphatic rings. The van der Waals surface area contributed by atoms with E-state index in [4.69, 9.17) is 27.9 Å². The fourth-order valence-electron chi connectivity index (χ4n) is 3.92. The Morgan fingerprint density at radius 2 is 1.31 bits per heavy atom. The van der Waals surface area contributed by atoms with Crippen LogP contribution in [0.4, 0.5) is 4.79 Å². The van der Waals surface area contributed by atoms with Crippen molar-refractivity contribution in [2.24, 2.45) is 0 Å². The van der Waals surface area contributed by atoms with E-state index < -0.39 is 5.60 Å². The van der Waals surface area contributed by atoms with Crippen LogP contribution in [0, 0.1) is 23.7 Å². The molecule has 0 unspecified atom stereocenters. The van der Waals surface area contributed by atoms with Crippen LogP contribution in [0.3, 0.4) is 0 Å². The molecular weight excluding hydrogens is 531 g/mol. The molecule has 208 valence electrons. The first-order valence-corrected chi connectivity index (χ1v) is 14.1. The third-order valence-corrected chi connectivity index (χ3v) is 6.42. The van der Waals surface area contributed by atoms with Crippen molar-refractivity contribution in [2.75, 3.05) is 65.4 Å². The summed E-state index contributed by atoms with van der Waals surface area (Å²) in [7, 11) is 0. The number of nitrogens with zero attached hydrogens (tertiary/aromatic N) is 3. The number of benzene rings is 2. The van der Waals surface area contributed by atoms with Gasteiger partial charge in [0.2, 0.25) is 0 Å². The first-order chi connectivity index (χ1) is 18.7. The van der Waals surface area contributed by atoms with Crippen molar-refractivity contribution in [1.29, 1.82) is 0 Å². The Bertz CT molecular complexity index is 1190. The molecule has 2 fully saturated rings. The van der Waals surface area contributed by atoms with Gasteiger partial charge >= 0.3 is 6.09 Å². The van der Waals surface area contributed by atoms with Gasteiger partial charge in [-0.3, -0.25) is 9.80 Å². The lowest BCUT2D eigenvalue weighted by atomic mass is 10.2. The molecule has 0 bridgehead atoms. The van der Waals surface area contributed by atoms with Gasteiger partial charge in [-0.1, -0.05) is 59.0 Å². The van der Waals surface area contributed by atoms with Gasteiger partial charge in [0.1, 0.15) is 5.60 Å². The number of halogens is 2. The SMILES string of the molecule is CC(C)(C)OC(=O)N1CCN(CC#Cc2cccc(Cl)c2)CC1.Clc1cccc(C#CCN2CCNCC2)c1. The quantitative estimate of drug-likeness (QED) is 0.525. The van der Waals surface area contributed by atoms with E-state index in [1.807, 2.05) is 69.3 Å². The van der Waals surface area contributed by atoms with E-state index in [1.165, 1.54) is 0 Å². The van der Waals surface area contributed by atoms with Crippen LogP contribution >= 0.6 is 23.2 Å². The fraction of sp³-hybridized carbons (Fsp3) is 0.452. The number of rotatable bonds is 2. The molecule has 8 heteroatoms.